The average molecular weight is 825 g/mol. The van der Waals surface area contributed by atoms with Crippen LogP contribution in [0.4, 0.5) is 0 Å². The maximum absolute atomic E-state index is 5.37. The number of nitrogens with zero attached hydrogens (tertiary/aromatic N) is 2. The second kappa shape index (κ2) is 14.1. The Labute approximate surface area is 375 Å². The third-order valence-electron chi connectivity index (χ3n) is 14.1. The van der Waals surface area contributed by atoms with Gasteiger partial charge in [-0.05, 0) is 164 Å². The van der Waals surface area contributed by atoms with E-state index in [0.717, 1.165) is 52.1 Å². The minimum atomic E-state index is 0.965. The average Bonchev–Trinajstić information content (AvgIpc) is 3.78. The van der Waals surface area contributed by atoms with Gasteiger partial charge in [-0.3, -0.25) is 4.57 Å². The van der Waals surface area contributed by atoms with Gasteiger partial charge in [-0.15, -0.1) is 0 Å². The van der Waals surface area contributed by atoms with Crippen molar-refractivity contribution in [2.75, 3.05) is 0 Å². The lowest BCUT2D eigenvalue weighted by Gasteiger charge is -2.20. The predicted octanol–water partition coefficient (Wildman–Crippen LogP) is 17.3. The first kappa shape index (κ1) is 36.2. The van der Waals surface area contributed by atoms with E-state index in [4.69, 9.17) is 4.98 Å². The van der Waals surface area contributed by atoms with Gasteiger partial charge in [0.2, 0.25) is 0 Å². The summed E-state index contributed by atoms with van der Waals surface area (Å²) in [6.45, 7) is 0. The number of imidazole rings is 1. The summed E-state index contributed by atoms with van der Waals surface area (Å²) in [5, 5.41) is 20.3. The highest BCUT2D eigenvalue weighted by atomic mass is 15.1. The quantitative estimate of drug-likeness (QED) is 0.162. The second-order valence-corrected chi connectivity index (χ2v) is 17.6. The highest BCUT2D eigenvalue weighted by molar-refractivity contribution is 6.34. The molecule has 1 aliphatic carbocycles. The van der Waals surface area contributed by atoms with E-state index in [1.165, 1.54) is 97.3 Å². The minimum absolute atomic E-state index is 0.965. The van der Waals surface area contributed by atoms with Crippen LogP contribution in [0.25, 0.3) is 131 Å². The van der Waals surface area contributed by atoms with Gasteiger partial charge >= 0.3 is 0 Å². The molecule has 0 saturated carbocycles. The summed E-state index contributed by atoms with van der Waals surface area (Å²) in [4.78, 5) is 5.37. The Morgan fingerprint density at radius 1 is 0.354 bits per heavy atom. The van der Waals surface area contributed by atoms with Crippen LogP contribution >= 0.6 is 0 Å². The van der Waals surface area contributed by atoms with Gasteiger partial charge in [-0.25, -0.2) is 4.98 Å². The van der Waals surface area contributed by atoms with Crippen molar-refractivity contribution in [3.8, 4) is 27.9 Å². The number of allylic oxidation sites excluding steroid dienone is 4. The molecule has 0 amide bonds. The fraction of sp³-hybridized carbons (Fsp3) is 0.0317. The zero-order valence-electron chi connectivity index (χ0n) is 35.6. The van der Waals surface area contributed by atoms with E-state index in [2.05, 4.69) is 223 Å². The third kappa shape index (κ3) is 5.38. The minimum Gasteiger partial charge on any atom is -0.292 e. The van der Waals surface area contributed by atoms with E-state index in [0.29, 0.717) is 0 Å². The van der Waals surface area contributed by atoms with Gasteiger partial charge in [0, 0.05) is 11.3 Å². The van der Waals surface area contributed by atoms with Crippen LogP contribution in [0.5, 0.6) is 0 Å². The molecule has 0 fully saturated rings. The maximum Gasteiger partial charge on any atom is 0.145 e. The molecule has 0 N–H and O–H groups in total. The zero-order valence-corrected chi connectivity index (χ0v) is 35.6. The monoisotopic (exact) mass is 824 g/mol. The molecule has 2 nitrogen and oxygen atoms in total. The molecule has 0 aliphatic heterocycles. The molecule has 0 spiro atoms. The number of para-hydroxylation sites is 2. The van der Waals surface area contributed by atoms with E-state index in [9.17, 15) is 0 Å². The molecule has 1 aliphatic rings. The van der Waals surface area contributed by atoms with Crippen molar-refractivity contribution in [3.05, 3.63) is 224 Å². The first-order valence-corrected chi connectivity index (χ1v) is 22.8. The Morgan fingerprint density at radius 2 is 0.754 bits per heavy atom. The smallest absolute Gasteiger partial charge is 0.145 e. The number of hydrogen-bond donors (Lipinski definition) is 0. The Kier molecular flexibility index (Phi) is 7.84. The molecule has 0 atom stereocenters. The van der Waals surface area contributed by atoms with Gasteiger partial charge in [0.15, 0.2) is 0 Å². The molecule has 12 aromatic carbocycles. The van der Waals surface area contributed by atoms with Gasteiger partial charge in [-0.2, -0.15) is 0 Å². The SMILES string of the molecule is C1=CC(c2nc3ccccc3n2-c2cc(-c3cc4c5ccccc5c5ccccc5c4c4ccccc34)cc(-c3cc4c5ccccc5c5ccccc5c4c4ccccc34)c2)=CCC1. The molecule has 65 heavy (non-hydrogen) atoms. The topological polar surface area (TPSA) is 17.8 Å². The first-order chi connectivity index (χ1) is 32.3. The van der Waals surface area contributed by atoms with E-state index in [1.54, 1.807) is 0 Å². The van der Waals surface area contributed by atoms with Gasteiger partial charge in [-0.1, -0.05) is 176 Å². The van der Waals surface area contributed by atoms with Crippen LogP contribution in [0.15, 0.2) is 218 Å². The maximum atomic E-state index is 5.37. The van der Waals surface area contributed by atoms with Crippen molar-refractivity contribution in [3.63, 3.8) is 0 Å². The number of rotatable bonds is 4. The molecule has 302 valence electrons. The number of fused-ring (bicyclic) bond motifs is 17. The zero-order chi connectivity index (χ0) is 42.6. The highest BCUT2D eigenvalue weighted by Crippen LogP contribution is 2.47. The van der Waals surface area contributed by atoms with Gasteiger partial charge in [0.25, 0.3) is 0 Å². The van der Waals surface area contributed by atoms with Crippen LogP contribution in [0.3, 0.4) is 0 Å². The Hall–Kier alpha value is -8.33. The lowest BCUT2D eigenvalue weighted by molar-refractivity contribution is 1.01. The fourth-order valence-corrected chi connectivity index (χ4v) is 11.3. The Balaban J connectivity index is 1.15. The van der Waals surface area contributed by atoms with Crippen molar-refractivity contribution in [2.45, 2.75) is 12.8 Å². The molecule has 0 bridgehead atoms. The van der Waals surface area contributed by atoms with Crippen molar-refractivity contribution in [2.24, 2.45) is 0 Å². The molecule has 13 aromatic rings. The van der Waals surface area contributed by atoms with Crippen LogP contribution in [-0.2, 0) is 0 Å². The molecular weight excluding hydrogens is 785 g/mol. The van der Waals surface area contributed by atoms with E-state index in [1.807, 2.05) is 0 Å². The van der Waals surface area contributed by atoms with Crippen LogP contribution in [0.1, 0.15) is 18.7 Å². The summed E-state index contributed by atoms with van der Waals surface area (Å²) in [7, 11) is 0. The summed E-state index contributed by atoms with van der Waals surface area (Å²) < 4.78 is 2.40. The molecule has 2 heteroatoms. The van der Waals surface area contributed by atoms with Crippen molar-refractivity contribution in [1.29, 1.82) is 0 Å². The summed E-state index contributed by atoms with van der Waals surface area (Å²) >= 11 is 0. The first-order valence-electron chi connectivity index (χ1n) is 22.8. The third-order valence-corrected chi connectivity index (χ3v) is 14.1. The molecule has 0 radical (unpaired) electrons. The van der Waals surface area contributed by atoms with Crippen LogP contribution < -0.4 is 0 Å². The highest BCUT2D eigenvalue weighted by Gasteiger charge is 2.22. The standard InChI is InChI=1S/C63H40N2/c1-2-18-39(19-3-1)63-64-59-32-16-17-33-60(59)65(63)42-35-40(55-37-57-47-24-6-4-20-43(47)45-22-8-12-28-51(45)61(57)53-30-14-10-26-49(53)55)34-41(36-42)56-38-58-48-25-7-5-21-44(48)46-23-9-13-29-52(46)62(58)54-31-15-11-27-50(54)56/h2,4-38H,1,3H2. The van der Waals surface area contributed by atoms with E-state index in [-0.39, 0.29) is 0 Å². The van der Waals surface area contributed by atoms with Gasteiger partial charge < -0.3 is 0 Å². The number of benzene rings is 12. The molecule has 0 unspecified atom stereocenters. The van der Waals surface area contributed by atoms with Crippen molar-refractivity contribution in [1.82, 2.24) is 9.55 Å². The fourth-order valence-electron chi connectivity index (χ4n) is 11.3. The van der Waals surface area contributed by atoms with Crippen molar-refractivity contribution >= 4 is 103 Å². The summed E-state index contributed by atoms with van der Waals surface area (Å²) in [6.07, 6.45) is 8.93. The molecule has 0 saturated heterocycles. The van der Waals surface area contributed by atoms with Crippen LogP contribution in [0, 0.1) is 0 Å². The summed E-state index contributed by atoms with van der Waals surface area (Å²) in [5.74, 6) is 0.965. The van der Waals surface area contributed by atoms with Crippen molar-refractivity contribution < 1.29 is 0 Å². The molecule has 1 heterocycles. The Morgan fingerprint density at radius 3 is 1.23 bits per heavy atom. The lowest BCUT2D eigenvalue weighted by Crippen LogP contribution is -2.02. The van der Waals surface area contributed by atoms with E-state index < -0.39 is 0 Å². The second-order valence-electron chi connectivity index (χ2n) is 17.6. The molecular formula is C63H40N2. The van der Waals surface area contributed by atoms with Crippen LogP contribution in [0.2, 0.25) is 0 Å². The number of aromatic nitrogens is 2. The van der Waals surface area contributed by atoms with Crippen LogP contribution in [-0.4, -0.2) is 9.55 Å². The van der Waals surface area contributed by atoms with Gasteiger partial charge in [0.05, 0.1) is 11.0 Å². The summed E-state index contributed by atoms with van der Waals surface area (Å²) in [5.41, 5.74) is 9.06. The number of hydrogen-bond acceptors (Lipinski definition) is 1. The predicted molar refractivity (Wildman–Crippen MR) is 278 cm³/mol. The largest absolute Gasteiger partial charge is 0.292 e. The summed E-state index contributed by atoms with van der Waals surface area (Å²) in [6, 6.07) is 74.6. The van der Waals surface area contributed by atoms with Gasteiger partial charge in [0.1, 0.15) is 5.82 Å². The Bertz CT molecular complexity index is 4020. The molecule has 1 aromatic heterocycles. The van der Waals surface area contributed by atoms with E-state index >= 15 is 0 Å². The molecule has 14 rings (SSSR count). The normalized spacial score (nSPS) is 13.1. The lowest BCUT2D eigenvalue weighted by atomic mass is 9.85.